The summed E-state index contributed by atoms with van der Waals surface area (Å²) in [4.78, 5) is 16.2. The molecule has 0 aromatic heterocycles. The van der Waals surface area contributed by atoms with Crippen LogP contribution < -0.4 is 4.90 Å². The predicted molar refractivity (Wildman–Crippen MR) is 123 cm³/mol. The second-order valence-electron chi connectivity index (χ2n) is 7.75. The lowest BCUT2D eigenvalue weighted by Gasteiger charge is -2.25. The van der Waals surface area contributed by atoms with Crippen LogP contribution in [0.2, 0.25) is 0 Å². The number of rotatable bonds is 4. The first kappa shape index (κ1) is 19.8. The average Bonchev–Trinajstić information content (AvgIpc) is 2.75. The summed E-state index contributed by atoms with van der Waals surface area (Å²) in [5.74, 6) is 0.146. The van der Waals surface area contributed by atoms with E-state index < -0.39 is 0 Å². The van der Waals surface area contributed by atoms with Crippen LogP contribution in [0.15, 0.2) is 77.7 Å². The molecule has 4 aliphatic rings. The first-order valence-corrected chi connectivity index (χ1v) is 11.2. The maximum Gasteiger partial charge on any atom is 0.239 e. The van der Waals surface area contributed by atoms with Crippen molar-refractivity contribution < 1.29 is 4.79 Å². The van der Waals surface area contributed by atoms with Crippen molar-refractivity contribution in [1.82, 2.24) is 0 Å². The van der Waals surface area contributed by atoms with Gasteiger partial charge in [-0.1, -0.05) is 54.6 Å². The van der Waals surface area contributed by atoms with E-state index in [0.29, 0.717) is 0 Å². The maximum atomic E-state index is 13.2. The second-order valence-corrected chi connectivity index (χ2v) is 9.16. The lowest BCUT2D eigenvalue weighted by Crippen LogP contribution is -2.34. The highest BCUT2D eigenvalue weighted by Crippen LogP contribution is 2.29. The molecule has 3 heteroatoms. The molecule has 4 aliphatic carbocycles. The van der Waals surface area contributed by atoms with Gasteiger partial charge in [0.25, 0.3) is 0 Å². The van der Waals surface area contributed by atoms with E-state index in [9.17, 15) is 4.79 Å². The van der Waals surface area contributed by atoms with Gasteiger partial charge in [0.2, 0.25) is 5.91 Å². The molecule has 148 valence electrons. The Hall–Kier alpha value is -2.52. The van der Waals surface area contributed by atoms with Gasteiger partial charge in [0.05, 0.1) is 5.25 Å². The summed E-state index contributed by atoms with van der Waals surface area (Å²) in [6, 6.07) is 25.8. The summed E-state index contributed by atoms with van der Waals surface area (Å²) < 4.78 is 0. The number of aryl methyl sites for hydroxylation is 4. The van der Waals surface area contributed by atoms with Crippen molar-refractivity contribution in [2.75, 3.05) is 11.9 Å². The van der Waals surface area contributed by atoms with Gasteiger partial charge in [-0.2, -0.15) is 0 Å². The van der Waals surface area contributed by atoms with Gasteiger partial charge in [-0.3, -0.25) is 4.79 Å². The van der Waals surface area contributed by atoms with Gasteiger partial charge in [0.15, 0.2) is 0 Å². The van der Waals surface area contributed by atoms with Crippen molar-refractivity contribution in [3.05, 3.63) is 95.1 Å². The number of amides is 1. The minimum atomic E-state index is -0.135. The number of carbonyl (C=O) groups excluding carboxylic acids is 1. The van der Waals surface area contributed by atoms with E-state index in [1.807, 2.05) is 37.1 Å². The zero-order chi connectivity index (χ0) is 20.2. The van der Waals surface area contributed by atoms with E-state index in [-0.39, 0.29) is 11.2 Å². The molecule has 0 saturated carbocycles. The lowest BCUT2D eigenvalue weighted by molar-refractivity contribution is -0.117. The minimum Gasteiger partial charge on any atom is -0.314 e. The Kier molecular flexibility index (Phi) is 6.05. The molecule has 3 aromatic rings. The number of carbonyl (C=O) groups is 1. The van der Waals surface area contributed by atoms with Crippen molar-refractivity contribution in [3.63, 3.8) is 0 Å². The molecular formula is C26H27NOS. The molecule has 0 spiro atoms. The average molecular weight is 402 g/mol. The van der Waals surface area contributed by atoms with Gasteiger partial charge < -0.3 is 4.90 Å². The van der Waals surface area contributed by atoms with Gasteiger partial charge in [-0.25, -0.2) is 0 Å². The number of anilines is 1. The minimum absolute atomic E-state index is 0.135. The lowest BCUT2D eigenvalue weighted by atomic mass is 9.95. The summed E-state index contributed by atoms with van der Waals surface area (Å²) in [5.41, 5.74) is 6.31. The summed E-state index contributed by atoms with van der Waals surface area (Å²) in [6.07, 6.45) is 3.94. The molecule has 0 N–H and O–H groups in total. The number of nitrogens with zero attached hydrogens (tertiary/aromatic N) is 1. The van der Waals surface area contributed by atoms with E-state index in [4.69, 9.17) is 0 Å². The van der Waals surface area contributed by atoms with Crippen LogP contribution in [0.4, 0.5) is 5.69 Å². The number of benzene rings is 3. The topological polar surface area (TPSA) is 20.3 Å². The Labute approximate surface area is 178 Å². The van der Waals surface area contributed by atoms with Crippen LogP contribution in [0, 0.1) is 0 Å². The van der Waals surface area contributed by atoms with E-state index in [1.54, 1.807) is 11.8 Å². The summed E-state index contributed by atoms with van der Waals surface area (Å²) >= 11 is 1.62. The van der Waals surface area contributed by atoms with Crippen LogP contribution in [-0.2, 0) is 30.5 Å². The Morgan fingerprint density at radius 2 is 1.41 bits per heavy atom. The highest BCUT2D eigenvalue weighted by Gasteiger charge is 2.22. The maximum absolute atomic E-state index is 13.2. The van der Waals surface area contributed by atoms with E-state index >= 15 is 0 Å². The van der Waals surface area contributed by atoms with Crippen LogP contribution >= 0.6 is 11.8 Å². The molecular weight excluding hydrogens is 374 g/mol. The third-order valence-corrected chi connectivity index (χ3v) is 6.75. The Balaban J connectivity index is 1.57. The first-order chi connectivity index (χ1) is 14.1. The highest BCUT2D eigenvalue weighted by atomic mass is 32.2. The standard InChI is InChI=1S/C26H27NOS/c1-19(29-24-6-4-3-5-7-24)26(28)27(2)25-18-22-13-12-20-8-10-21(11-9-20)14-16-23(25)17-15-22/h3-11,15,17-19H,12-14,16H2,1-2H3. The fraction of sp³-hybridized carbons (Fsp3) is 0.269. The monoisotopic (exact) mass is 401 g/mol. The van der Waals surface area contributed by atoms with Gasteiger partial charge in [0, 0.05) is 17.6 Å². The zero-order valence-electron chi connectivity index (χ0n) is 17.1. The molecule has 29 heavy (non-hydrogen) atoms. The molecule has 0 saturated heterocycles. The summed E-state index contributed by atoms with van der Waals surface area (Å²) in [5, 5.41) is -0.135. The van der Waals surface area contributed by atoms with Crippen molar-refractivity contribution in [3.8, 4) is 0 Å². The Bertz CT molecular complexity index is 981. The Morgan fingerprint density at radius 1 is 0.828 bits per heavy atom. The van der Waals surface area contributed by atoms with Crippen LogP contribution in [0.25, 0.3) is 0 Å². The van der Waals surface area contributed by atoms with E-state index in [2.05, 4.69) is 54.6 Å². The first-order valence-electron chi connectivity index (χ1n) is 10.3. The van der Waals surface area contributed by atoms with Crippen LogP contribution in [-0.4, -0.2) is 18.2 Å². The summed E-state index contributed by atoms with van der Waals surface area (Å²) in [7, 11) is 1.92. The number of hydrogen-bond acceptors (Lipinski definition) is 2. The quantitative estimate of drug-likeness (QED) is 0.522. The van der Waals surface area contributed by atoms with E-state index in [1.165, 1.54) is 22.3 Å². The number of hydrogen-bond donors (Lipinski definition) is 0. The van der Waals surface area contributed by atoms with Crippen molar-refractivity contribution >= 4 is 23.4 Å². The molecule has 3 aromatic carbocycles. The molecule has 1 atom stereocenters. The van der Waals surface area contributed by atoms with Gasteiger partial charge in [0.1, 0.15) is 0 Å². The molecule has 0 heterocycles. The van der Waals surface area contributed by atoms with E-state index in [0.717, 1.165) is 36.3 Å². The fourth-order valence-electron chi connectivity index (χ4n) is 3.87. The third-order valence-electron chi connectivity index (χ3n) is 5.65. The second kappa shape index (κ2) is 8.87. The molecule has 0 radical (unpaired) electrons. The number of thioether (sulfide) groups is 1. The highest BCUT2D eigenvalue weighted by molar-refractivity contribution is 8.00. The molecule has 0 aliphatic heterocycles. The van der Waals surface area contributed by atoms with Crippen LogP contribution in [0.1, 0.15) is 29.2 Å². The molecule has 1 amide bonds. The fourth-order valence-corrected chi connectivity index (χ4v) is 4.86. The molecule has 0 fully saturated rings. The van der Waals surface area contributed by atoms with Crippen molar-refractivity contribution in [1.29, 1.82) is 0 Å². The molecule has 2 nitrogen and oxygen atoms in total. The largest absolute Gasteiger partial charge is 0.314 e. The smallest absolute Gasteiger partial charge is 0.239 e. The van der Waals surface area contributed by atoms with Crippen LogP contribution in [0.5, 0.6) is 0 Å². The normalized spacial score (nSPS) is 14.1. The SMILES string of the molecule is CC(Sc1ccccc1)C(=O)N(C)c1cc2ccc1CCc1ccc(cc1)CC2. The van der Waals surface area contributed by atoms with Crippen molar-refractivity contribution in [2.24, 2.45) is 0 Å². The van der Waals surface area contributed by atoms with Crippen LogP contribution in [0.3, 0.4) is 0 Å². The van der Waals surface area contributed by atoms with Gasteiger partial charge >= 0.3 is 0 Å². The third kappa shape index (κ3) is 4.73. The molecule has 4 bridgehead atoms. The molecule has 1 unspecified atom stereocenters. The van der Waals surface area contributed by atoms with Gasteiger partial charge in [-0.15, -0.1) is 11.8 Å². The zero-order valence-corrected chi connectivity index (χ0v) is 17.9. The Morgan fingerprint density at radius 3 is 2.10 bits per heavy atom. The molecule has 7 rings (SSSR count). The predicted octanol–water partition coefficient (Wildman–Crippen LogP) is 5.71. The summed E-state index contributed by atoms with van der Waals surface area (Å²) in [6.45, 7) is 2.00. The van der Waals surface area contributed by atoms with Gasteiger partial charge in [-0.05, 0) is 73.1 Å². The van der Waals surface area contributed by atoms with Crippen molar-refractivity contribution in [2.45, 2.75) is 42.8 Å².